The molecule has 4 aliphatic rings. The molecule has 2 aliphatic heterocycles. The van der Waals surface area contributed by atoms with Gasteiger partial charge in [0.2, 0.25) is 0 Å². The zero-order chi connectivity index (χ0) is 24.9. The van der Waals surface area contributed by atoms with Crippen LogP contribution in [0.2, 0.25) is 0 Å². The number of aliphatic imine (C=N–C) groups is 1. The van der Waals surface area contributed by atoms with Crippen molar-refractivity contribution in [3.63, 3.8) is 0 Å². The number of piperazine rings is 1. The van der Waals surface area contributed by atoms with Gasteiger partial charge in [-0.15, -0.1) is 0 Å². The Morgan fingerprint density at radius 3 is 2.68 bits per heavy atom. The van der Waals surface area contributed by atoms with Crippen LogP contribution in [0.3, 0.4) is 0 Å². The number of hydrogen-bond acceptors (Lipinski definition) is 7. The predicted molar refractivity (Wildman–Crippen MR) is 161 cm³/mol. The number of imidazole rings is 1. The van der Waals surface area contributed by atoms with Crippen molar-refractivity contribution in [3.05, 3.63) is 78.0 Å². The van der Waals surface area contributed by atoms with Gasteiger partial charge in [-0.05, 0) is 26.0 Å². The van der Waals surface area contributed by atoms with Gasteiger partial charge in [-0.1, -0.05) is 54.2 Å². The summed E-state index contributed by atoms with van der Waals surface area (Å²) >= 11 is 4.03. The van der Waals surface area contributed by atoms with Gasteiger partial charge in [-0.3, -0.25) is 14.3 Å². The Bertz CT molecular complexity index is 1400. The molecule has 4 heterocycles. The van der Waals surface area contributed by atoms with E-state index in [1.807, 2.05) is 18.0 Å². The molecule has 1 saturated carbocycles. The highest BCUT2D eigenvalue weighted by Crippen LogP contribution is 2.43. The minimum Gasteiger partial charge on any atom is -0.311 e. The standard InChI is InChI=1S/C28H30IN7S/c1-34-11-13-35(14-12-34)21-15-20(16-21)27-32-24(25-26(33-29)30-9-10-36(25)27)19-7-8-23-22(17-19)31-28(37-23)18-5-3-2-4-6-18/h2-10,17,20-23H,11-16H2,1H3,(H,30,33). The van der Waals surface area contributed by atoms with Crippen molar-refractivity contribution in [3.8, 4) is 0 Å². The minimum atomic E-state index is 0.124. The van der Waals surface area contributed by atoms with E-state index in [1.165, 1.54) is 44.6 Å². The molecular formula is C28H30IN7S. The smallest absolute Gasteiger partial charge is 0.161 e. The van der Waals surface area contributed by atoms with Crippen LogP contribution in [0.25, 0.3) is 11.1 Å². The van der Waals surface area contributed by atoms with Gasteiger partial charge >= 0.3 is 0 Å². The van der Waals surface area contributed by atoms with E-state index in [2.05, 4.69) is 107 Å². The second-order valence-electron chi connectivity index (χ2n) is 10.4. The first-order valence-electron chi connectivity index (χ1n) is 13.0. The van der Waals surface area contributed by atoms with Gasteiger partial charge in [-0.2, -0.15) is 0 Å². The number of thioether (sulfide) groups is 1. The van der Waals surface area contributed by atoms with E-state index >= 15 is 0 Å². The van der Waals surface area contributed by atoms with Gasteiger partial charge in [0.25, 0.3) is 0 Å². The van der Waals surface area contributed by atoms with Gasteiger partial charge in [0.1, 0.15) is 11.3 Å². The van der Waals surface area contributed by atoms with Crippen molar-refractivity contribution in [2.45, 2.75) is 36.1 Å². The summed E-state index contributed by atoms with van der Waals surface area (Å²) < 4.78 is 5.55. The Morgan fingerprint density at radius 2 is 1.89 bits per heavy atom. The highest BCUT2D eigenvalue weighted by Gasteiger charge is 2.39. The van der Waals surface area contributed by atoms with Crippen LogP contribution in [0.5, 0.6) is 0 Å². The van der Waals surface area contributed by atoms with E-state index in [1.54, 1.807) is 0 Å². The molecule has 3 aromatic rings. The maximum absolute atomic E-state index is 5.30. The summed E-state index contributed by atoms with van der Waals surface area (Å²) in [6, 6.07) is 11.3. The number of nitrogens with one attached hydrogen (secondary N) is 1. The molecule has 2 atom stereocenters. The minimum absolute atomic E-state index is 0.124. The lowest BCUT2D eigenvalue weighted by Crippen LogP contribution is -2.52. The second-order valence-corrected chi connectivity index (χ2v) is 12.1. The fraction of sp³-hybridized carbons (Fsp3) is 0.393. The molecule has 9 heteroatoms. The molecule has 1 saturated heterocycles. The Balaban J connectivity index is 1.20. The number of likely N-dealkylation sites (N-methyl/N-ethyl adjacent to an activating group) is 1. The third kappa shape index (κ3) is 4.33. The van der Waals surface area contributed by atoms with Crippen molar-refractivity contribution in [1.82, 2.24) is 24.2 Å². The molecule has 2 unspecified atom stereocenters. The van der Waals surface area contributed by atoms with Crippen LogP contribution in [0.4, 0.5) is 5.82 Å². The molecule has 0 radical (unpaired) electrons. The Labute approximate surface area is 235 Å². The number of allylic oxidation sites excluding steroid dienone is 2. The van der Waals surface area contributed by atoms with E-state index < -0.39 is 0 Å². The van der Waals surface area contributed by atoms with Crippen LogP contribution in [-0.2, 0) is 0 Å². The Morgan fingerprint density at radius 1 is 1.08 bits per heavy atom. The van der Waals surface area contributed by atoms with E-state index in [9.17, 15) is 0 Å². The number of rotatable bonds is 5. The number of fused-ring (bicyclic) bond motifs is 2. The first-order chi connectivity index (χ1) is 18.2. The van der Waals surface area contributed by atoms with Gasteiger partial charge in [-0.25, -0.2) is 9.97 Å². The first kappa shape index (κ1) is 23.9. The molecule has 7 nitrogen and oxygen atoms in total. The molecule has 2 aliphatic carbocycles. The maximum atomic E-state index is 5.30. The van der Waals surface area contributed by atoms with Gasteiger partial charge in [0.05, 0.1) is 44.9 Å². The van der Waals surface area contributed by atoms with Crippen molar-refractivity contribution in [2.24, 2.45) is 4.99 Å². The van der Waals surface area contributed by atoms with Gasteiger partial charge < -0.3 is 8.43 Å². The van der Waals surface area contributed by atoms with Crippen molar-refractivity contribution >= 4 is 56.6 Å². The number of aromatic nitrogens is 3. The third-order valence-electron chi connectivity index (χ3n) is 8.16. The second kappa shape index (κ2) is 9.83. The number of benzene rings is 1. The molecular weight excluding hydrogens is 593 g/mol. The number of hydrogen-bond donors (Lipinski definition) is 1. The maximum Gasteiger partial charge on any atom is 0.161 e. The lowest BCUT2D eigenvalue weighted by atomic mass is 9.78. The molecule has 2 fully saturated rings. The van der Waals surface area contributed by atoms with Crippen LogP contribution in [0.1, 0.15) is 35.8 Å². The zero-order valence-electron chi connectivity index (χ0n) is 20.8. The monoisotopic (exact) mass is 623 g/mol. The van der Waals surface area contributed by atoms with Crippen LogP contribution >= 0.6 is 34.6 Å². The van der Waals surface area contributed by atoms with Gasteiger partial charge in [0, 0.05) is 61.7 Å². The van der Waals surface area contributed by atoms with Crippen molar-refractivity contribution in [2.75, 3.05) is 36.8 Å². The fourth-order valence-electron chi connectivity index (χ4n) is 5.95. The molecule has 0 amide bonds. The third-order valence-corrected chi connectivity index (χ3v) is 9.95. The molecule has 7 rings (SSSR count). The zero-order valence-corrected chi connectivity index (χ0v) is 23.8. The Hall–Kier alpha value is -2.21. The van der Waals surface area contributed by atoms with Crippen molar-refractivity contribution in [1.29, 1.82) is 0 Å². The lowest BCUT2D eigenvalue weighted by Gasteiger charge is -2.45. The molecule has 0 bridgehead atoms. The molecule has 0 spiro atoms. The first-order valence-corrected chi connectivity index (χ1v) is 15.0. The number of nitrogens with zero attached hydrogens (tertiary/aromatic N) is 6. The Kier molecular flexibility index (Phi) is 6.34. The van der Waals surface area contributed by atoms with E-state index in [0.717, 1.165) is 33.5 Å². The SMILES string of the molecule is CN1CCN(C2CC(c3nc(C4=CC5N=C(c6ccccc6)SC5C=C4)c4c(NI)nccn34)C2)CC1. The number of halogens is 1. The summed E-state index contributed by atoms with van der Waals surface area (Å²) in [5.41, 5.74) is 4.40. The van der Waals surface area contributed by atoms with Crippen LogP contribution in [-0.4, -0.2) is 79.8 Å². The van der Waals surface area contributed by atoms with Crippen molar-refractivity contribution < 1.29 is 0 Å². The topological polar surface area (TPSA) is 61.1 Å². The molecule has 1 N–H and O–H groups in total. The van der Waals surface area contributed by atoms with Gasteiger partial charge in [0.15, 0.2) is 5.82 Å². The van der Waals surface area contributed by atoms with E-state index in [4.69, 9.17) is 9.98 Å². The van der Waals surface area contributed by atoms with E-state index in [0.29, 0.717) is 17.2 Å². The fourth-order valence-corrected chi connectivity index (χ4v) is 7.49. The normalized spacial score (nSPS) is 28.1. The lowest BCUT2D eigenvalue weighted by molar-refractivity contribution is 0.0586. The van der Waals surface area contributed by atoms with Crippen LogP contribution in [0, 0.1) is 0 Å². The summed E-state index contributed by atoms with van der Waals surface area (Å²) in [7, 11) is 2.22. The van der Waals surface area contributed by atoms with Crippen LogP contribution in [0.15, 0.2) is 65.9 Å². The molecule has 37 heavy (non-hydrogen) atoms. The quantitative estimate of drug-likeness (QED) is 0.324. The summed E-state index contributed by atoms with van der Waals surface area (Å²) in [6.07, 6.45) is 13.2. The predicted octanol–water partition coefficient (Wildman–Crippen LogP) is 4.87. The largest absolute Gasteiger partial charge is 0.311 e. The summed E-state index contributed by atoms with van der Waals surface area (Å²) in [6.45, 7) is 4.70. The average molecular weight is 624 g/mol. The molecule has 2 aromatic heterocycles. The summed E-state index contributed by atoms with van der Waals surface area (Å²) in [5.74, 6) is 2.50. The number of anilines is 1. The van der Waals surface area contributed by atoms with E-state index in [-0.39, 0.29) is 6.04 Å². The summed E-state index contributed by atoms with van der Waals surface area (Å²) in [4.78, 5) is 20.1. The molecule has 1 aromatic carbocycles. The summed E-state index contributed by atoms with van der Waals surface area (Å²) in [5, 5.41) is 1.46. The highest BCUT2D eigenvalue weighted by atomic mass is 127. The van der Waals surface area contributed by atoms with Crippen LogP contribution < -0.4 is 3.53 Å². The highest BCUT2D eigenvalue weighted by molar-refractivity contribution is 14.1. The average Bonchev–Trinajstić information content (AvgIpc) is 3.51. The molecule has 190 valence electrons.